The summed E-state index contributed by atoms with van der Waals surface area (Å²) < 4.78 is 0. The fraction of sp³-hybridized carbons (Fsp3) is 0.389. The summed E-state index contributed by atoms with van der Waals surface area (Å²) in [5.74, 6) is 0.00973. The smallest absolute Gasteiger partial charge is 0.227 e. The molecule has 2 aromatic rings. The van der Waals surface area contributed by atoms with Crippen molar-refractivity contribution in [2.75, 3.05) is 13.1 Å². The van der Waals surface area contributed by atoms with Crippen molar-refractivity contribution in [1.29, 1.82) is 0 Å². The summed E-state index contributed by atoms with van der Waals surface area (Å²) >= 11 is 0. The van der Waals surface area contributed by atoms with E-state index in [1.807, 2.05) is 19.1 Å². The van der Waals surface area contributed by atoms with Gasteiger partial charge in [-0.3, -0.25) is 4.79 Å². The normalized spacial score (nSPS) is 19.2. The Kier molecular flexibility index (Phi) is 5.81. The lowest BCUT2D eigenvalue weighted by Gasteiger charge is -2.25. The summed E-state index contributed by atoms with van der Waals surface area (Å²) in [6, 6.07) is 14.8. The maximum atomic E-state index is 12.4. The maximum Gasteiger partial charge on any atom is 0.227 e. The minimum absolute atomic E-state index is 0. The molecule has 2 atom stereocenters. The van der Waals surface area contributed by atoms with Crippen molar-refractivity contribution in [1.82, 2.24) is 10.6 Å². The average Bonchev–Trinajstić information content (AvgIpc) is 2.54. The van der Waals surface area contributed by atoms with E-state index in [2.05, 4.69) is 41.0 Å². The van der Waals surface area contributed by atoms with Gasteiger partial charge in [-0.25, -0.2) is 0 Å². The van der Waals surface area contributed by atoms with Gasteiger partial charge in [0.1, 0.15) is 0 Å². The Balaban J connectivity index is 0.00000176. The summed E-state index contributed by atoms with van der Waals surface area (Å²) in [5.41, 5.74) is 1.08. The van der Waals surface area contributed by atoms with Gasteiger partial charge in [0.05, 0.1) is 5.92 Å². The van der Waals surface area contributed by atoms with Gasteiger partial charge in [-0.05, 0) is 42.6 Å². The van der Waals surface area contributed by atoms with Gasteiger partial charge in [-0.15, -0.1) is 12.4 Å². The third-order valence-electron chi connectivity index (χ3n) is 4.31. The second kappa shape index (κ2) is 7.61. The topological polar surface area (TPSA) is 41.1 Å². The van der Waals surface area contributed by atoms with Gasteiger partial charge < -0.3 is 10.6 Å². The predicted molar refractivity (Wildman–Crippen MR) is 93.6 cm³/mol. The van der Waals surface area contributed by atoms with Crippen LogP contribution in [0.25, 0.3) is 10.8 Å². The molecule has 3 rings (SSSR count). The van der Waals surface area contributed by atoms with Crippen molar-refractivity contribution in [2.45, 2.75) is 31.7 Å². The quantitative estimate of drug-likeness (QED) is 0.912. The third kappa shape index (κ3) is 3.79. The van der Waals surface area contributed by atoms with Gasteiger partial charge in [0.2, 0.25) is 5.91 Å². The molecule has 1 amide bonds. The number of hydrogen-bond acceptors (Lipinski definition) is 2. The molecule has 3 nitrogen and oxygen atoms in total. The molecule has 0 radical (unpaired) electrons. The average molecular weight is 319 g/mol. The van der Waals surface area contributed by atoms with Crippen molar-refractivity contribution < 1.29 is 4.79 Å². The molecular formula is C18H23ClN2O. The number of rotatable bonds is 3. The van der Waals surface area contributed by atoms with Crippen molar-refractivity contribution in [2.24, 2.45) is 0 Å². The van der Waals surface area contributed by atoms with E-state index in [4.69, 9.17) is 0 Å². The Morgan fingerprint density at radius 3 is 2.73 bits per heavy atom. The summed E-state index contributed by atoms with van der Waals surface area (Å²) in [6.45, 7) is 3.93. The minimum atomic E-state index is -0.114. The Hall–Kier alpha value is -1.58. The first-order chi connectivity index (χ1) is 10.2. The largest absolute Gasteiger partial charge is 0.352 e. The molecule has 1 fully saturated rings. The van der Waals surface area contributed by atoms with Gasteiger partial charge in [-0.1, -0.05) is 42.5 Å². The highest BCUT2D eigenvalue weighted by Crippen LogP contribution is 2.22. The Morgan fingerprint density at radius 2 is 2.00 bits per heavy atom. The van der Waals surface area contributed by atoms with Gasteiger partial charge in [0.25, 0.3) is 0 Å². The zero-order valence-electron chi connectivity index (χ0n) is 12.8. The Morgan fingerprint density at radius 1 is 1.23 bits per heavy atom. The number of amides is 1. The molecule has 1 aliphatic rings. The molecule has 1 aliphatic heterocycles. The van der Waals surface area contributed by atoms with Crippen molar-refractivity contribution >= 4 is 29.1 Å². The lowest BCUT2D eigenvalue weighted by Crippen LogP contribution is -2.46. The molecule has 0 spiro atoms. The first-order valence-corrected chi connectivity index (χ1v) is 7.74. The zero-order valence-corrected chi connectivity index (χ0v) is 13.7. The van der Waals surface area contributed by atoms with E-state index in [9.17, 15) is 4.79 Å². The van der Waals surface area contributed by atoms with Crippen LogP contribution in [0.3, 0.4) is 0 Å². The van der Waals surface area contributed by atoms with E-state index in [1.54, 1.807) is 0 Å². The minimum Gasteiger partial charge on any atom is -0.352 e. The molecule has 2 aromatic carbocycles. The fourth-order valence-corrected chi connectivity index (χ4v) is 2.93. The second-order valence-corrected chi connectivity index (χ2v) is 5.88. The lowest BCUT2D eigenvalue weighted by molar-refractivity contribution is -0.123. The monoisotopic (exact) mass is 318 g/mol. The van der Waals surface area contributed by atoms with Crippen LogP contribution in [0.15, 0.2) is 42.5 Å². The summed E-state index contributed by atoms with van der Waals surface area (Å²) in [4.78, 5) is 12.4. The van der Waals surface area contributed by atoms with Crippen LogP contribution in [0.5, 0.6) is 0 Å². The number of fused-ring (bicyclic) bond motifs is 1. The van der Waals surface area contributed by atoms with E-state index in [-0.39, 0.29) is 30.3 Å². The number of benzene rings is 2. The molecule has 2 N–H and O–H groups in total. The first kappa shape index (κ1) is 16.8. The molecule has 22 heavy (non-hydrogen) atoms. The number of carbonyl (C=O) groups excluding carboxylic acids is 1. The van der Waals surface area contributed by atoms with E-state index >= 15 is 0 Å². The molecule has 0 saturated carbocycles. The third-order valence-corrected chi connectivity index (χ3v) is 4.31. The van der Waals surface area contributed by atoms with E-state index in [0.29, 0.717) is 0 Å². The van der Waals surface area contributed by atoms with Gasteiger partial charge >= 0.3 is 0 Å². The lowest BCUT2D eigenvalue weighted by atomic mass is 9.96. The fourth-order valence-electron chi connectivity index (χ4n) is 2.93. The van der Waals surface area contributed by atoms with Crippen molar-refractivity contribution in [3.8, 4) is 0 Å². The molecule has 0 aromatic heterocycles. The molecule has 118 valence electrons. The standard InChI is InChI=1S/C18H22N2O.ClH/c1-13(18(21)20-17-7-4-10-19-12-17)15-9-8-14-5-2-3-6-16(14)11-15;/h2-3,5-6,8-9,11,13,17,19H,4,7,10,12H2,1H3,(H,20,21);1H. The van der Waals surface area contributed by atoms with E-state index in [1.165, 1.54) is 10.8 Å². The van der Waals surface area contributed by atoms with Crippen LogP contribution in [-0.4, -0.2) is 25.0 Å². The highest BCUT2D eigenvalue weighted by atomic mass is 35.5. The van der Waals surface area contributed by atoms with Crippen LogP contribution >= 0.6 is 12.4 Å². The summed E-state index contributed by atoms with van der Waals surface area (Å²) in [5, 5.41) is 8.89. The van der Waals surface area contributed by atoms with Crippen LogP contribution in [0.2, 0.25) is 0 Å². The van der Waals surface area contributed by atoms with Crippen molar-refractivity contribution in [3.63, 3.8) is 0 Å². The summed E-state index contributed by atoms with van der Waals surface area (Å²) in [7, 11) is 0. The molecular weight excluding hydrogens is 296 g/mol. The van der Waals surface area contributed by atoms with Crippen LogP contribution in [0.1, 0.15) is 31.2 Å². The van der Waals surface area contributed by atoms with Gasteiger partial charge in [0, 0.05) is 12.6 Å². The SMILES string of the molecule is CC(C(=O)NC1CCCNC1)c1ccc2ccccc2c1.Cl. The highest BCUT2D eigenvalue weighted by molar-refractivity contribution is 5.87. The highest BCUT2D eigenvalue weighted by Gasteiger charge is 2.20. The number of nitrogens with one attached hydrogen (secondary N) is 2. The Bertz CT molecular complexity index is 638. The molecule has 0 bridgehead atoms. The van der Waals surface area contributed by atoms with Crippen LogP contribution in [0, 0.1) is 0 Å². The molecule has 2 unspecified atom stereocenters. The number of halogens is 1. The second-order valence-electron chi connectivity index (χ2n) is 5.88. The molecule has 4 heteroatoms. The number of hydrogen-bond donors (Lipinski definition) is 2. The molecule has 1 heterocycles. The first-order valence-electron chi connectivity index (χ1n) is 7.74. The van der Waals surface area contributed by atoms with E-state index in [0.717, 1.165) is 31.5 Å². The van der Waals surface area contributed by atoms with E-state index < -0.39 is 0 Å². The molecule has 1 saturated heterocycles. The molecule has 0 aliphatic carbocycles. The predicted octanol–water partition coefficient (Wildman–Crippen LogP) is 3.23. The Labute approximate surface area is 137 Å². The van der Waals surface area contributed by atoms with Gasteiger partial charge in [0.15, 0.2) is 0 Å². The number of carbonyl (C=O) groups is 1. The van der Waals surface area contributed by atoms with Gasteiger partial charge in [-0.2, -0.15) is 0 Å². The van der Waals surface area contributed by atoms with Crippen LogP contribution < -0.4 is 10.6 Å². The van der Waals surface area contributed by atoms with Crippen molar-refractivity contribution in [3.05, 3.63) is 48.0 Å². The zero-order chi connectivity index (χ0) is 14.7. The van der Waals surface area contributed by atoms with Crippen LogP contribution in [0.4, 0.5) is 0 Å². The summed E-state index contributed by atoms with van der Waals surface area (Å²) in [6.07, 6.45) is 2.21. The van der Waals surface area contributed by atoms with Crippen LogP contribution in [-0.2, 0) is 4.79 Å². The maximum absolute atomic E-state index is 12.4. The number of piperidine rings is 1.